The van der Waals surface area contributed by atoms with Gasteiger partial charge in [-0.2, -0.15) is 0 Å². The zero-order chi connectivity index (χ0) is 13.4. The number of rotatable bonds is 2. The Kier molecular flexibility index (Phi) is 2.63. The van der Waals surface area contributed by atoms with Gasteiger partial charge in [-0.25, -0.2) is 0 Å². The van der Waals surface area contributed by atoms with Crippen LogP contribution in [0.5, 0.6) is 17.2 Å². The number of hydrogen-bond donors (Lipinski definition) is 1. The number of carbonyl (C=O) groups excluding carboxylic acids is 1. The number of benzene rings is 2. The van der Waals surface area contributed by atoms with Crippen molar-refractivity contribution in [1.29, 1.82) is 0 Å². The van der Waals surface area contributed by atoms with Crippen molar-refractivity contribution >= 4 is 5.97 Å². The first-order valence-electron chi connectivity index (χ1n) is 5.87. The Hall–Kier alpha value is -2.49. The summed E-state index contributed by atoms with van der Waals surface area (Å²) in [5.74, 6) is 0.532. The highest BCUT2D eigenvalue weighted by atomic mass is 16.5. The maximum atomic E-state index is 12.0. The van der Waals surface area contributed by atoms with E-state index in [2.05, 4.69) is 0 Å². The van der Waals surface area contributed by atoms with Gasteiger partial charge in [0.05, 0.1) is 7.11 Å². The maximum Gasteiger partial charge on any atom is 0.323 e. The Morgan fingerprint density at radius 3 is 2.58 bits per heavy atom. The summed E-state index contributed by atoms with van der Waals surface area (Å²) in [7, 11) is 1.59. The van der Waals surface area contributed by atoms with Crippen LogP contribution < -0.4 is 9.47 Å². The summed E-state index contributed by atoms with van der Waals surface area (Å²) in [6.45, 7) is 0. The molecule has 0 saturated heterocycles. The minimum Gasteiger partial charge on any atom is -0.508 e. The number of fused-ring (bicyclic) bond motifs is 1. The average molecular weight is 256 g/mol. The van der Waals surface area contributed by atoms with Crippen LogP contribution in [0.3, 0.4) is 0 Å². The predicted molar refractivity (Wildman–Crippen MR) is 68.6 cm³/mol. The number of hydrogen-bond acceptors (Lipinski definition) is 4. The fourth-order valence-corrected chi connectivity index (χ4v) is 2.26. The zero-order valence-corrected chi connectivity index (χ0v) is 10.3. The van der Waals surface area contributed by atoms with Gasteiger partial charge in [0, 0.05) is 5.56 Å². The molecule has 0 fully saturated rings. The molecule has 19 heavy (non-hydrogen) atoms. The first-order chi connectivity index (χ1) is 9.19. The third-order valence-electron chi connectivity index (χ3n) is 3.20. The molecule has 0 amide bonds. The summed E-state index contributed by atoms with van der Waals surface area (Å²) in [6.07, 6.45) is 0. The molecule has 1 atom stereocenters. The molecule has 2 aromatic carbocycles. The first kappa shape index (κ1) is 11.6. The van der Waals surface area contributed by atoms with Gasteiger partial charge in [-0.15, -0.1) is 0 Å². The molecule has 0 saturated carbocycles. The van der Waals surface area contributed by atoms with E-state index in [4.69, 9.17) is 9.47 Å². The van der Waals surface area contributed by atoms with Crippen molar-refractivity contribution in [3.63, 3.8) is 0 Å². The molecule has 2 aromatic rings. The quantitative estimate of drug-likeness (QED) is 0.662. The molecule has 96 valence electrons. The molecule has 0 radical (unpaired) electrons. The van der Waals surface area contributed by atoms with E-state index in [1.165, 1.54) is 6.07 Å². The monoisotopic (exact) mass is 256 g/mol. The molecule has 0 spiro atoms. The van der Waals surface area contributed by atoms with Gasteiger partial charge in [0.1, 0.15) is 23.2 Å². The van der Waals surface area contributed by atoms with E-state index >= 15 is 0 Å². The van der Waals surface area contributed by atoms with Crippen molar-refractivity contribution in [3.05, 3.63) is 53.6 Å². The minimum absolute atomic E-state index is 0.121. The maximum absolute atomic E-state index is 12.0. The number of esters is 1. The lowest BCUT2D eigenvalue weighted by molar-refractivity contribution is -0.133. The summed E-state index contributed by atoms with van der Waals surface area (Å²) in [4.78, 5) is 12.0. The normalized spacial score (nSPS) is 16.9. The molecule has 3 rings (SSSR count). The summed E-state index contributed by atoms with van der Waals surface area (Å²) in [5, 5.41) is 9.54. The minimum atomic E-state index is -0.493. The van der Waals surface area contributed by atoms with E-state index in [1.807, 2.05) is 12.1 Å². The smallest absolute Gasteiger partial charge is 0.323 e. The van der Waals surface area contributed by atoms with Crippen molar-refractivity contribution in [3.8, 4) is 17.2 Å². The molecule has 1 unspecified atom stereocenters. The Balaban J connectivity index is 2.05. The van der Waals surface area contributed by atoms with E-state index in [1.54, 1.807) is 31.4 Å². The number of methoxy groups -OCH3 is 1. The van der Waals surface area contributed by atoms with Gasteiger partial charge in [0.25, 0.3) is 0 Å². The number of ether oxygens (including phenoxy) is 2. The molecule has 1 heterocycles. The third kappa shape index (κ3) is 1.91. The predicted octanol–water partition coefficient (Wildman–Crippen LogP) is 2.45. The fourth-order valence-electron chi connectivity index (χ4n) is 2.26. The van der Waals surface area contributed by atoms with Crippen LogP contribution >= 0.6 is 0 Å². The van der Waals surface area contributed by atoms with Crippen LogP contribution in [0.2, 0.25) is 0 Å². The number of phenolic OH excluding ortho intramolecular Hbond substituents is 1. The van der Waals surface area contributed by atoms with Crippen molar-refractivity contribution in [1.82, 2.24) is 0 Å². The molecule has 1 N–H and O–H groups in total. The standard InChI is InChI=1S/C15H12O4/c1-18-11-5-2-9(3-6-11)14-12-8-10(16)4-7-13(12)19-15(14)17/h2-8,14,16H,1H3. The van der Waals surface area contributed by atoms with Crippen molar-refractivity contribution < 1.29 is 19.4 Å². The van der Waals surface area contributed by atoms with Gasteiger partial charge in [0.15, 0.2) is 0 Å². The Labute approximate surface area is 110 Å². The van der Waals surface area contributed by atoms with E-state index < -0.39 is 5.92 Å². The van der Waals surface area contributed by atoms with Crippen LogP contribution in [0, 0.1) is 0 Å². The van der Waals surface area contributed by atoms with Crippen LogP contribution in [0.4, 0.5) is 0 Å². The molecule has 1 aliphatic heterocycles. The molecule has 0 aliphatic carbocycles. The SMILES string of the molecule is COc1ccc(C2C(=O)Oc3ccc(O)cc32)cc1. The fraction of sp³-hybridized carbons (Fsp3) is 0.133. The van der Waals surface area contributed by atoms with E-state index in [-0.39, 0.29) is 11.7 Å². The van der Waals surface area contributed by atoms with Crippen molar-refractivity contribution in [2.24, 2.45) is 0 Å². The highest BCUT2D eigenvalue weighted by molar-refractivity contribution is 5.89. The molecule has 0 aromatic heterocycles. The van der Waals surface area contributed by atoms with E-state index in [0.29, 0.717) is 11.3 Å². The lowest BCUT2D eigenvalue weighted by Gasteiger charge is -2.08. The Bertz CT molecular complexity index is 631. The Morgan fingerprint density at radius 1 is 1.16 bits per heavy atom. The second kappa shape index (κ2) is 4.31. The molecule has 0 bridgehead atoms. The molecular weight excluding hydrogens is 244 g/mol. The highest BCUT2D eigenvalue weighted by Gasteiger charge is 2.34. The van der Waals surface area contributed by atoms with E-state index in [9.17, 15) is 9.90 Å². The van der Waals surface area contributed by atoms with Gasteiger partial charge in [-0.1, -0.05) is 12.1 Å². The van der Waals surface area contributed by atoms with Crippen LogP contribution in [-0.4, -0.2) is 18.2 Å². The van der Waals surface area contributed by atoms with Crippen LogP contribution in [0.25, 0.3) is 0 Å². The number of phenols is 1. The van der Waals surface area contributed by atoms with Crippen LogP contribution in [0.1, 0.15) is 17.0 Å². The lowest BCUT2D eigenvalue weighted by atomic mass is 9.92. The van der Waals surface area contributed by atoms with Gasteiger partial charge in [0.2, 0.25) is 0 Å². The second-order valence-corrected chi connectivity index (χ2v) is 4.35. The van der Waals surface area contributed by atoms with Gasteiger partial charge >= 0.3 is 5.97 Å². The zero-order valence-electron chi connectivity index (χ0n) is 10.3. The van der Waals surface area contributed by atoms with Gasteiger partial charge in [-0.05, 0) is 35.9 Å². The number of carbonyl (C=O) groups is 1. The van der Waals surface area contributed by atoms with Gasteiger partial charge in [-0.3, -0.25) is 4.79 Å². The summed E-state index contributed by atoms with van der Waals surface area (Å²) < 4.78 is 10.3. The lowest BCUT2D eigenvalue weighted by Crippen LogP contribution is -2.11. The summed E-state index contributed by atoms with van der Waals surface area (Å²) >= 11 is 0. The highest BCUT2D eigenvalue weighted by Crippen LogP contribution is 2.40. The van der Waals surface area contributed by atoms with Crippen molar-refractivity contribution in [2.45, 2.75) is 5.92 Å². The first-order valence-corrected chi connectivity index (χ1v) is 5.87. The third-order valence-corrected chi connectivity index (χ3v) is 3.20. The summed E-state index contributed by atoms with van der Waals surface area (Å²) in [5.41, 5.74) is 1.50. The topological polar surface area (TPSA) is 55.8 Å². The van der Waals surface area contributed by atoms with Crippen LogP contribution in [0.15, 0.2) is 42.5 Å². The Morgan fingerprint density at radius 2 is 1.89 bits per heavy atom. The number of aromatic hydroxyl groups is 1. The van der Waals surface area contributed by atoms with Crippen molar-refractivity contribution in [2.75, 3.05) is 7.11 Å². The molecule has 1 aliphatic rings. The molecule has 4 heteroatoms. The average Bonchev–Trinajstić information content (AvgIpc) is 2.74. The van der Waals surface area contributed by atoms with Crippen LogP contribution in [-0.2, 0) is 4.79 Å². The molecule has 4 nitrogen and oxygen atoms in total. The molecular formula is C15H12O4. The van der Waals surface area contributed by atoms with Gasteiger partial charge < -0.3 is 14.6 Å². The van der Waals surface area contributed by atoms with E-state index in [0.717, 1.165) is 11.3 Å². The largest absolute Gasteiger partial charge is 0.508 e. The second-order valence-electron chi connectivity index (χ2n) is 4.35. The summed E-state index contributed by atoms with van der Waals surface area (Å²) in [6, 6.07) is 11.9.